The Hall–Kier alpha value is -1.92. The molecule has 0 saturated carbocycles. The predicted molar refractivity (Wildman–Crippen MR) is 95.7 cm³/mol. The average Bonchev–Trinajstić information content (AvgIpc) is 2.90. The number of rotatable bonds is 5. The zero-order chi connectivity index (χ0) is 16.1. The molecule has 0 aliphatic rings. The first-order chi connectivity index (χ1) is 10.5. The third-order valence-electron chi connectivity index (χ3n) is 2.76. The normalized spacial score (nSPS) is 13.3. The van der Waals surface area contributed by atoms with Gasteiger partial charge in [0.05, 0.1) is 11.4 Å². The topological polar surface area (TPSA) is 67.1 Å². The Kier molecular flexibility index (Phi) is 5.51. The van der Waals surface area contributed by atoms with Gasteiger partial charge in [0.2, 0.25) is 0 Å². The van der Waals surface area contributed by atoms with E-state index in [2.05, 4.69) is 10.1 Å². The van der Waals surface area contributed by atoms with E-state index in [0.29, 0.717) is 16.5 Å². The van der Waals surface area contributed by atoms with Crippen LogP contribution in [0.2, 0.25) is 5.02 Å². The van der Waals surface area contributed by atoms with Gasteiger partial charge < -0.3 is 15.2 Å². The molecule has 0 saturated heterocycles. The zero-order valence-corrected chi connectivity index (χ0v) is 14.1. The fraction of sp³-hybridized carbons (Fsp3) is 0.200. The lowest BCUT2D eigenvalue weighted by Gasteiger charge is -2.03. The van der Waals surface area contributed by atoms with Crippen molar-refractivity contribution in [2.45, 2.75) is 0 Å². The van der Waals surface area contributed by atoms with Crippen molar-refractivity contribution in [3.8, 4) is 0 Å². The van der Waals surface area contributed by atoms with Crippen LogP contribution in [0.15, 0.2) is 49.9 Å². The summed E-state index contributed by atoms with van der Waals surface area (Å²) in [4.78, 5) is 6.20. The summed E-state index contributed by atoms with van der Waals surface area (Å²) in [6.45, 7) is 0. The van der Waals surface area contributed by atoms with Crippen molar-refractivity contribution in [3.05, 3.63) is 46.2 Å². The number of thioether (sulfide) groups is 1. The first kappa shape index (κ1) is 16.5. The van der Waals surface area contributed by atoms with Gasteiger partial charge in [-0.25, -0.2) is 4.99 Å². The summed E-state index contributed by atoms with van der Waals surface area (Å²) in [5.74, 6) is 6.08. The minimum absolute atomic E-state index is 0.521. The monoisotopic (exact) mass is 336 g/mol. The molecule has 0 atom stereocenters. The third-order valence-corrected chi connectivity index (χ3v) is 3.63. The largest absolute Gasteiger partial charge is 0.454 e. The number of aliphatic imine (C=N–C) groups is 1. The number of fused-ring (bicyclic) bond motifs is 1. The van der Waals surface area contributed by atoms with Crippen LogP contribution in [0.4, 0.5) is 0 Å². The smallest absolute Gasteiger partial charge is 0.155 e. The molecule has 1 aromatic heterocycles. The van der Waals surface area contributed by atoms with Crippen molar-refractivity contribution in [2.24, 2.45) is 15.9 Å². The Bertz CT molecular complexity index is 749. The van der Waals surface area contributed by atoms with Crippen LogP contribution < -0.4 is 5.84 Å². The van der Waals surface area contributed by atoms with Gasteiger partial charge >= 0.3 is 0 Å². The maximum absolute atomic E-state index is 5.98. The standard InChI is InChI=1S/C15H17ClN4OS/c1-20(2)9-18-15(22-3)8-12(19-17)14-7-10-6-11(16)4-5-13(10)21-14/h4-9H,17H2,1-3H3/b15-8+,18-9+,19-12-. The van der Waals surface area contributed by atoms with Gasteiger partial charge in [0.15, 0.2) is 5.76 Å². The second kappa shape index (κ2) is 7.38. The molecular formula is C15H17ClN4OS. The van der Waals surface area contributed by atoms with E-state index in [1.54, 1.807) is 18.5 Å². The number of hydrogen-bond acceptors (Lipinski definition) is 5. The van der Waals surface area contributed by atoms with Gasteiger partial charge in [0.1, 0.15) is 11.3 Å². The van der Waals surface area contributed by atoms with Gasteiger partial charge in [-0.15, -0.1) is 11.8 Å². The Morgan fingerprint density at radius 2 is 2.14 bits per heavy atom. The number of benzene rings is 1. The Labute approximate surface area is 138 Å². The lowest BCUT2D eigenvalue weighted by atomic mass is 10.2. The number of hydrazone groups is 1. The van der Waals surface area contributed by atoms with E-state index in [-0.39, 0.29) is 0 Å². The number of halogens is 1. The molecular weight excluding hydrogens is 320 g/mol. The lowest BCUT2D eigenvalue weighted by Crippen LogP contribution is -2.07. The van der Waals surface area contributed by atoms with Crippen LogP contribution >= 0.6 is 23.4 Å². The van der Waals surface area contributed by atoms with E-state index in [9.17, 15) is 0 Å². The summed E-state index contributed by atoms with van der Waals surface area (Å²) >= 11 is 7.48. The number of furan rings is 1. The van der Waals surface area contributed by atoms with Crippen molar-refractivity contribution in [2.75, 3.05) is 20.4 Å². The highest BCUT2D eigenvalue weighted by atomic mass is 35.5. The molecule has 1 aromatic carbocycles. The van der Waals surface area contributed by atoms with Crippen molar-refractivity contribution >= 4 is 46.4 Å². The lowest BCUT2D eigenvalue weighted by molar-refractivity contribution is 0.605. The highest BCUT2D eigenvalue weighted by molar-refractivity contribution is 8.02. The molecule has 22 heavy (non-hydrogen) atoms. The van der Waals surface area contributed by atoms with Crippen LogP contribution in [0, 0.1) is 0 Å². The molecule has 0 unspecified atom stereocenters. The van der Waals surface area contributed by atoms with E-state index >= 15 is 0 Å². The molecule has 0 bridgehead atoms. The average molecular weight is 337 g/mol. The minimum atomic E-state index is 0.521. The Balaban J connectivity index is 2.37. The van der Waals surface area contributed by atoms with Gasteiger partial charge in [-0.1, -0.05) is 11.6 Å². The molecule has 5 nitrogen and oxygen atoms in total. The van der Waals surface area contributed by atoms with Crippen LogP contribution in [0.25, 0.3) is 11.0 Å². The fourth-order valence-corrected chi connectivity index (χ4v) is 2.31. The molecule has 0 aliphatic carbocycles. The quantitative estimate of drug-likeness (QED) is 0.392. The summed E-state index contributed by atoms with van der Waals surface area (Å²) in [7, 11) is 3.81. The van der Waals surface area contributed by atoms with Crippen molar-refractivity contribution in [1.82, 2.24) is 4.90 Å². The molecule has 116 valence electrons. The number of nitrogens with zero attached hydrogens (tertiary/aromatic N) is 3. The number of allylic oxidation sites excluding steroid dienone is 1. The minimum Gasteiger partial charge on any atom is -0.454 e. The maximum Gasteiger partial charge on any atom is 0.155 e. The molecule has 0 aliphatic heterocycles. The van der Waals surface area contributed by atoms with Gasteiger partial charge in [-0.3, -0.25) is 0 Å². The van der Waals surface area contributed by atoms with Crippen molar-refractivity contribution in [1.29, 1.82) is 0 Å². The second-order valence-electron chi connectivity index (χ2n) is 4.70. The summed E-state index contributed by atoms with van der Waals surface area (Å²) < 4.78 is 5.76. The maximum atomic E-state index is 5.98. The van der Waals surface area contributed by atoms with Gasteiger partial charge in [-0.2, -0.15) is 5.10 Å². The first-order valence-corrected chi connectivity index (χ1v) is 8.07. The molecule has 1 heterocycles. The molecule has 7 heteroatoms. The van der Waals surface area contributed by atoms with Gasteiger partial charge in [-0.05, 0) is 30.5 Å². The number of nitrogens with two attached hydrogens (primary N) is 1. The summed E-state index contributed by atoms with van der Waals surface area (Å²) in [6, 6.07) is 7.29. The van der Waals surface area contributed by atoms with Crippen LogP contribution in [0.5, 0.6) is 0 Å². The van der Waals surface area contributed by atoms with Crippen LogP contribution in [-0.4, -0.2) is 37.3 Å². The highest BCUT2D eigenvalue weighted by Crippen LogP contribution is 2.24. The Morgan fingerprint density at radius 3 is 2.77 bits per heavy atom. The summed E-state index contributed by atoms with van der Waals surface area (Å²) in [6.07, 6.45) is 5.43. The molecule has 0 spiro atoms. The first-order valence-electron chi connectivity index (χ1n) is 6.47. The van der Waals surface area contributed by atoms with Crippen LogP contribution in [0.3, 0.4) is 0 Å². The molecule has 2 N–H and O–H groups in total. The van der Waals surface area contributed by atoms with Crippen molar-refractivity contribution < 1.29 is 4.42 Å². The summed E-state index contributed by atoms with van der Waals surface area (Å²) in [5, 5.41) is 6.13. The van der Waals surface area contributed by atoms with E-state index < -0.39 is 0 Å². The summed E-state index contributed by atoms with van der Waals surface area (Å²) in [5.41, 5.74) is 1.25. The molecule has 0 radical (unpaired) electrons. The van der Waals surface area contributed by atoms with Crippen LogP contribution in [0.1, 0.15) is 5.76 Å². The van der Waals surface area contributed by atoms with E-state index in [0.717, 1.165) is 16.0 Å². The third kappa shape index (κ3) is 4.05. The zero-order valence-electron chi connectivity index (χ0n) is 12.6. The number of hydrogen-bond donors (Lipinski definition) is 1. The van der Waals surface area contributed by atoms with E-state index in [4.69, 9.17) is 21.9 Å². The van der Waals surface area contributed by atoms with Gasteiger partial charge in [0.25, 0.3) is 0 Å². The van der Waals surface area contributed by atoms with Crippen molar-refractivity contribution in [3.63, 3.8) is 0 Å². The highest BCUT2D eigenvalue weighted by Gasteiger charge is 2.10. The molecule has 2 aromatic rings. The van der Waals surface area contributed by atoms with Gasteiger partial charge in [0, 0.05) is 30.6 Å². The molecule has 0 amide bonds. The van der Waals surface area contributed by atoms with E-state index in [1.807, 2.05) is 43.5 Å². The Morgan fingerprint density at radius 1 is 1.36 bits per heavy atom. The molecule has 0 fully saturated rings. The fourth-order valence-electron chi connectivity index (χ4n) is 1.75. The predicted octanol–water partition coefficient (Wildman–Crippen LogP) is 3.54. The SMILES string of the molecule is CSC(=C/C(=N/N)c1cc2cc(Cl)ccc2o1)/N=C/N(C)C. The second-order valence-corrected chi connectivity index (χ2v) is 5.96. The molecule has 2 rings (SSSR count). The van der Waals surface area contributed by atoms with E-state index in [1.165, 1.54) is 11.8 Å². The van der Waals surface area contributed by atoms with Crippen LogP contribution in [-0.2, 0) is 0 Å².